The fraction of sp³-hybridized carbons (Fsp3) is 0.214. The predicted octanol–water partition coefficient (Wildman–Crippen LogP) is 1.04. The third kappa shape index (κ3) is 3.38. The second-order valence-corrected chi connectivity index (χ2v) is 4.65. The van der Waals surface area contributed by atoms with Crippen molar-refractivity contribution in [2.75, 3.05) is 17.2 Å². The van der Waals surface area contributed by atoms with E-state index in [4.69, 9.17) is 0 Å². The summed E-state index contributed by atoms with van der Waals surface area (Å²) >= 11 is 0. The Morgan fingerprint density at radius 1 is 1.29 bits per heavy atom. The van der Waals surface area contributed by atoms with E-state index in [1.807, 2.05) is 0 Å². The van der Waals surface area contributed by atoms with Crippen molar-refractivity contribution in [3.05, 3.63) is 30.0 Å². The molecule has 21 heavy (non-hydrogen) atoms. The van der Waals surface area contributed by atoms with E-state index in [1.54, 1.807) is 12.1 Å². The van der Waals surface area contributed by atoms with Gasteiger partial charge in [-0.1, -0.05) is 0 Å². The number of rotatable bonds is 3. The predicted molar refractivity (Wildman–Crippen MR) is 76.5 cm³/mol. The lowest BCUT2D eigenvalue weighted by Gasteiger charge is -2.13. The zero-order chi connectivity index (χ0) is 15.6. The van der Waals surface area contributed by atoms with Crippen LogP contribution in [-0.4, -0.2) is 34.3 Å². The zero-order valence-corrected chi connectivity index (χ0v) is 11.6. The molecular weight excluding hydrogens is 274 g/mol. The topological polar surface area (TPSA) is 98.7 Å². The Balaban J connectivity index is 2.14. The molecule has 0 atom stereocenters. The number of nitrogens with zero attached hydrogens (tertiary/aromatic N) is 1. The number of benzene rings is 1. The number of phenolic OH excluding ortho intramolecular Hbond substituents is 1. The molecule has 0 saturated carbocycles. The Morgan fingerprint density at radius 3 is 2.57 bits per heavy atom. The van der Waals surface area contributed by atoms with Crippen LogP contribution in [0.25, 0.3) is 0 Å². The van der Waals surface area contributed by atoms with E-state index in [2.05, 4.69) is 10.6 Å². The van der Waals surface area contributed by atoms with Crippen LogP contribution in [0.3, 0.4) is 0 Å². The molecule has 0 bridgehead atoms. The number of amides is 3. The van der Waals surface area contributed by atoms with Gasteiger partial charge in [-0.25, -0.2) is 0 Å². The average molecular weight is 289 g/mol. The number of aromatic hydroxyl groups is 1. The highest BCUT2D eigenvalue weighted by Gasteiger charge is 2.24. The van der Waals surface area contributed by atoms with Gasteiger partial charge in [-0.15, -0.1) is 0 Å². The number of imide groups is 1. The second kappa shape index (κ2) is 5.66. The van der Waals surface area contributed by atoms with E-state index in [1.165, 1.54) is 26.0 Å². The van der Waals surface area contributed by atoms with E-state index >= 15 is 0 Å². The van der Waals surface area contributed by atoms with Crippen LogP contribution in [0.2, 0.25) is 0 Å². The minimum Gasteiger partial charge on any atom is -0.506 e. The van der Waals surface area contributed by atoms with Crippen LogP contribution in [-0.2, 0) is 14.4 Å². The quantitative estimate of drug-likeness (QED) is 0.570. The van der Waals surface area contributed by atoms with E-state index in [-0.39, 0.29) is 35.7 Å². The van der Waals surface area contributed by atoms with Crippen molar-refractivity contribution in [3.8, 4) is 5.75 Å². The molecule has 0 aliphatic carbocycles. The monoisotopic (exact) mass is 289 g/mol. The highest BCUT2D eigenvalue weighted by molar-refractivity contribution is 6.03. The van der Waals surface area contributed by atoms with Crippen molar-refractivity contribution in [1.82, 2.24) is 4.90 Å². The average Bonchev–Trinajstić information content (AvgIpc) is 2.74. The fourth-order valence-electron chi connectivity index (χ4n) is 1.95. The number of hydrogen-bond donors (Lipinski definition) is 3. The third-order valence-electron chi connectivity index (χ3n) is 2.88. The summed E-state index contributed by atoms with van der Waals surface area (Å²) in [7, 11) is 0. The van der Waals surface area contributed by atoms with Crippen LogP contribution in [0.4, 0.5) is 11.4 Å². The number of carbonyl (C=O) groups excluding carboxylic acids is 3. The SMILES string of the molecule is CC(=O)Nc1cc(NC2=CC(=O)N(C(C)=O)C2)ccc1O. The first-order chi connectivity index (χ1) is 9.86. The molecule has 1 aromatic carbocycles. The van der Waals surface area contributed by atoms with Crippen molar-refractivity contribution in [3.63, 3.8) is 0 Å². The first kappa shape index (κ1) is 14.6. The van der Waals surface area contributed by atoms with E-state index in [9.17, 15) is 19.5 Å². The molecule has 0 radical (unpaired) electrons. The summed E-state index contributed by atoms with van der Waals surface area (Å²) in [4.78, 5) is 35.0. The van der Waals surface area contributed by atoms with Crippen LogP contribution in [0.1, 0.15) is 13.8 Å². The van der Waals surface area contributed by atoms with Gasteiger partial charge in [0, 0.05) is 31.3 Å². The van der Waals surface area contributed by atoms with Gasteiger partial charge < -0.3 is 15.7 Å². The molecule has 1 aliphatic heterocycles. The van der Waals surface area contributed by atoms with Gasteiger partial charge in [0.15, 0.2) is 0 Å². The summed E-state index contributed by atoms with van der Waals surface area (Å²) in [6, 6.07) is 4.56. The molecular formula is C14H15N3O4. The lowest BCUT2D eigenvalue weighted by Crippen LogP contribution is -2.31. The highest BCUT2D eigenvalue weighted by atomic mass is 16.3. The number of anilines is 2. The number of phenols is 1. The molecule has 3 N–H and O–H groups in total. The Hall–Kier alpha value is -2.83. The lowest BCUT2D eigenvalue weighted by atomic mass is 10.2. The van der Waals surface area contributed by atoms with Crippen LogP contribution in [0.5, 0.6) is 5.75 Å². The van der Waals surface area contributed by atoms with Crippen molar-refractivity contribution < 1.29 is 19.5 Å². The molecule has 0 spiro atoms. The molecule has 0 unspecified atom stereocenters. The first-order valence-corrected chi connectivity index (χ1v) is 6.27. The normalized spacial score (nSPS) is 13.9. The van der Waals surface area contributed by atoms with Crippen molar-refractivity contribution >= 4 is 29.1 Å². The van der Waals surface area contributed by atoms with Crippen LogP contribution < -0.4 is 10.6 Å². The summed E-state index contributed by atoms with van der Waals surface area (Å²) in [6.07, 6.45) is 1.34. The van der Waals surface area contributed by atoms with Gasteiger partial charge >= 0.3 is 0 Å². The lowest BCUT2D eigenvalue weighted by molar-refractivity contribution is -0.138. The van der Waals surface area contributed by atoms with Gasteiger partial charge in [-0.05, 0) is 18.2 Å². The highest BCUT2D eigenvalue weighted by Crippen LogP contribution is 2.27. The largest absolute Gasteiger partial charge is 0.506 e. The van der Waals surface area contributed by atoms with E-state index in [0.717, 1.165) is 4.90 Å². The van der Waals surface area contributed by atoms with Gasteiger partial charge in [-0.3, -0.25) is 19.3 Å². The van der Waals surface area contributed by atoms with Gasteiger partial charge in [0.2, 0.25) is 11.8 Å². The molecule has 0 aromatic heterocycles. The Kier molecular flexibility index (Phi) is 3.93. The number of carbonyl (C=O) groups is 3. The Morgan fingerprint density at radius 2 is 2.00 bits per heavy atom. The maximum Gasteiger partial charge on any atom is 0.255 e. The van der Waals surface area contributed by atoms with Gasteiger partial charge in [0.05, 0.1) is 12.2 Å². The summed E-state index contributed by atoms with van der Waals surface area (Å²) in [5, 5.41) is 15.1. The maximum atomic E-state index is 11.6. The van der Waals surface area contributed by atoms with Gasteiger partial charge in [0.1, 0.15) is 5.75 Å². The van der Waals surface area contributed by atoms with Gasteiger partial charge in [0.25, 0.3) is 5.91 Å². The second-order valence-electron chi connectivity index (χ2n) is 4.65. The molecule has 0 saturated heterocycles. The summed E-state index contributed by atoms with van der Waals surface area (Å²) in [5.41, 5.74) is 1.41. The molecule has 110 valence electrons. The van der Waals surface area contributed by atoms with Crippen LogP contribution >= 0.6 is 0 Å². The van der Waals surface area contributed by atoms with Crippen molar-refractivity contribution in [2.45, 2.75) is 13.8 Å². The van der Waals surface area contributed by atoms with E-state index in [0.29, 0.717) is 11.4 Å². The van der Waals surface area contributed by atoms with Crippen molar-refractivity contribution in [2.24, 2.45) is 0 Å². The van der Waals surface area contributed by atoms with Crippen LogP contribution in [0, 0.1) is 0 Å². The van der Waals surface area contributed by atoms with Crippen LogP contribution in [0.15, 0.2) is 30.0 Å². The Bertz CT molecular complexity index is 652. The Labute approximate surface area is 121 Å². The maximum absolute atomic E-state index is 11.6. The standard InChI is InChI=1S/C14H15N3O4/c1-8(18)15-12-5-10(3-4-13(12)20)16-11-6-14(21)17(7-11)9(2)19/h3-6,16,20H,7H2,1-2H3,(H,15,18). The summed E-state index contributed by atoms with van der Waals surface area (Å²) in [5.74, 6) is -1.05. The molecule has 2 rings (SSSR count). The van der Waals surface area contributed by atoms with E-state index < -0.39 is 0 Å². The van der Waals surface area contributed by atoms with Gasteiger partial charge in [-0.2, -0.15) is 0 Å². The zero-order valence-electron chi connectivity index (χ0n) is 11.6. The minimum atomic E-state index is -0.370. The molecule has 7 nitrogen and oxygen atoms in total. The smallest absolute Gasteiger partial charge is 0.255 e. The fourth-order valence-corrected chi connectivity index (χ4v) is 1.95. The molecule has 1 aromatic rings. The summed E-state index contributed by atoms with van der Waals surface area (Å²) in [6.45, 7) is 2.83. The third-order valence-corrected chi connectivity index (χ3v) is 2.88. The minimum absolute atomic E-state index is 0.0578. The number of hydrogen-bond acceptors (Lipinski definition) is 5. The van der Waals surface area contributed by atoms with Crippen molar-refractivity contribution in [1.29, 1.82) is 0 Å². The number of nitrogens with one attached hydrogen (secondary N) is 2. The molecule has 1 aliphatic rings. The molecule has 7 heteroatoms. The molecule has 0 fully saturated rings. The first-order valence-electron chi connectivity index (χ1n) is 6.27. The molecule has 3 amide bonds. The molecule has 1 heterocycles. The summed E-state index contributed by atoms with van der Waals surface area (Å²) < 4.78 is 0.